The summed E-state index contributed by atoms with van der Waals surface area (Å²) in [5.74, 6) is 3.18. The van der Waals surface area contributed by atoms with Gasteiger partial charge < -0.3 is 34.7 Å². The first-order valence-corrected chi connectivity index (χ1v) is 10.2. The molecule has 0 spiro atoms. The van der Waals surface area contributed by atoms with E-state index in [9.17, 15) is 5.11 Å². The molecule has 0 aliphatic heterocycles. The van der Waals surface area contributed by atoms with E-state index in [-0.39, 0.29) is 36.6 Å². The highest BCUT2D eigenvalue weighted by Gasteiger charge is 2.15. The van der Waals surface area contributed by atoms with Crippen LogP contribution in [0, 0.1) is 0 Å². The zero-order valence-corrected chi connectivity index (χ0v) is 21.6. The van der Waals surface area contributed by atoms with E-state index in [4.69, 9.17) is 18.9 Å². The number of methoxy groups -OCH3 is 3. The molecule has 0 saturated heterocycles. The third-order valence-corrected chi connectivity index (χ3v) is 4.52. The van der Waals surface area contributed by atoms with Crippen LogP contribution >= 0.6 is 24.0 Å². The maximum Gasteiger partial charge on any atom is 0.191 e. The van der Waals surface area contributed by atoms with Gasteiger partial charge in [-0.05, 0) is 44.2 Å². The fourth-order valence-electron chi connectivity index (χ4n) is 2.93. The molecular weight excluding hydrogens is 525 g/mol. The van der Waals surface area contributed by atoms with Crippen LogP contribution in [0.2, 0.25) is 0 Å². The monoisotopic (exact) mass is 559 g/mol. The lowest BCUT2D eigenvalue weighted by Crippen LogP contribution is -2.42. The first-order valence-electron chi connectivity index (χ1n) is 10.2. The Bertz CT molecular complexity index is 850. The summed E-state index contributed by atoms with van der Waals surface area (Å²) >= 11 is 0. The Hall–Kier alpha value is -2.40. The van der Waals surface area contributed by atoms with Gasteiger partial charge in [0.2, 0.25) is 0 Å². The minimum absolute atomic E-state index is 0. The van der Waals surface area contributed by atoms with E-state index in [1.54, 1.807) is 39.5 Å². The molecule has 2 unspecified atom stereocenters. The van der Waals surface area contributed by atoms with Crippen molar-refractivity contribution in [2.45, 2.75) is 26.1 Å². The summed E-state index contributed by atoms with van der Waals surface area (Å²) in [6.07, 6.45) is -0.980. The number of guanidine groups is 1. The van der Waals surface area contributed by atoms with Crippen molar-refractivity contribution >= 4 is 29.9 Å². The summed E-state index contributed by atoms with van der Waals surface area (Å²) in [7, 11) is 4.76. The molecule has 0 aliphatic carbocycles. The quantitative estimate of drug-likeness (QED) is 0.221. The van der Waals surface area contributed by atoms with E-state index in [0.717, 1.165) is 0 Å². The van der Waals surface area contributed by atoms with E-state index < -0.39 is 6.10 Å². The minimum atomic E-state index is -0.845. The number of aliphatic hydroxyl groups is 1. The zero-order chi connectivity index (χ0) is 22.6. The van der Waals surface area contributed by atoms with Gasteiger partial charge in [0.15, 0.2) is 17.5 Å². The van der Waals surface area contributed by atoms with Crippen LogP contribution in [-0.4, -0.2) is 58.1 Å². The average molecular weight is 559 g/mol. The maximum absolute atomic E-state index is 10.7. The summed E-state index contributed by atoms with van der Waals surface area (Å²) in [5.41, 5.74) is 0.620. The van der Waals surface area contributed by atoms with Crippen molar-refractivity contribution in [2.75, 3.05) is 41.0 Å². The molecule has 0 saturated carbocycles. The van der Waals surface area contributed by atoms with Gasteiger partial charge in [-0.15, -0.1) is 24.0 Å². The molecule has 0 aromatic heterocycles. The topological polar surface area (TPSA) is 93.6 Å². The molecule has 9 heteroatoms. The Balaban J connectivity index is 0.00000512. The molecule has 0 radical (unpaired) electrons. The number of hydrogen-bond donors (Lipinski definition) is 3. The molecule has 3 N–H and O–H groups in total. The highest BCUT2D eigenvalue weighted by molar-refractivity contribution is 14.0. The van der Waals surface area contributed by atoms with Crippen LogP contribution in [0.5, 0.6) is 23.0 Å². The Labute approximate surface area is 207 Å². The fourth-order valence-corrected chi connectivity index (χ4v) is 2.93. The zero-order valence-electron chi connectivity index (χ0n) is 19.3. The lowest BCUT2D eigenvalue weighted by molar-refractivity contribution is 0.182. The van der Waals surface area contributed by atoms with Crippen LogP contribution in [0.1, 0.15) is 25.5 Å². The molecule has 178 valence electrons. The van der Waals surface area contributed by atoms with E-state index in [1.807, 2.05) is 38.1 Å². The number of ether oxygens (including phenoxy) is 4. The summed E-state index contributed by atoms with van der Waals surface area (Å²) in [6, 6.07) is 12.8. The molecule has 0 bridgehead atoms. The Morgan fingerprint density at radius 3 is 2.28 bits per heavy atom. The van der Waals surface area contributed by atoms with Crippen molar-refractivity contribution in [2.24, 2.45) is 4.99 Å². The van der Waals surface area contributed by atoms with E-state index in [1.165, 1.54) is 0 Å². The molecule has 2 rings (SSSR count). The second-order valence-corrected chi connectivity index (χ2v) is 6.80. The number of halogens is 1. The van der Waals surface area contributed by atoms with Crippen LogP contribution in [0.4, 0.5) is 0 Å². The second kappa shape index (κ2) is 14.6. The molecule has 8 nitrogen and oxygen atoms in total. The molecule has 2 atom stereocenters. The van der Waals surface area contributed by atoms with Gasteiger partial charge in [-0.25, -0.2) is 0 Å². The number of aliphatic hydroxyl groups excluding tert-OH is 1. The predicted octanol–water partition coefficient (Wildman–Crippen LogP) is 3.39. The van der Waals surface area contributed by atoms with Gasteiger partial charge in [-0.3, -0.25) is 4.99 Å². The molecule has 2 aromatic carbocycles. The number of para-hydroxylation sites is 2. The van der Waals surface area contributed by atoms with Gasteiger partial charge in [-0.2, -0.15) is 0 Å². The van der Waals surface area contributed by atoms with E-state index in [2.05, 4.69) is 15.6 Å². The van der Waals surface area contributed by atoms with Gasteiger partial charge in [-0.1, -0.05) is 12.1 Å². The third-order valence-electron chi connectivity index (χ3n) is 4.52. The van der Waals surface area contributed by atoms with E-state index >= 15 is 0 Å². The van der Waals surface area contributed by atoms with Crippen LogP contribution in [0.25, 0.3) is 0 Å². The van der Waals surface area contributed by atoms with Gasteiger partial charge in [0.05, 0.1) is 34.4 Å². The normalized spacial score (nSPS) is 12.8. The van der Waals surface area contributed by atoms with Gasteiger partial charge in [0, 0.05) is 12.1 Å². The minimum Gasteiger partial charge on any atom is -0.497 e. The Morgan fingerprint density at radius 2 is 1.66 bits per heavy atom. The first kappa shape index (κ1) is 27.6. The second-order valence-electron chi connectivity index (χ2n) is 6.80. The fraction of sp³-hybridized carbons (Fsp3) is 0.435. The third kappa shape index (κ3) is 8.27. The lowest BCUT2D eigenvalue weighted by atomic mass is 10.1. The number of benzene rings is 2. The molecule has 2 aromatic rings. The number of nitrogens with one attached hydrogen (secondary N) is 2. The van der Waals surface area contributed by atoms with Crippen molar-refractivity contribution in [1.82, 2.24) is 10.6 Å². The summed E-state index contributed by atoms with van der Waals surface area (Å²) in [6.45, 7) is 5.29. The maximum atomic E-state index is 10.7. The SMILES string of the molecule is CCNC(=NCC(O)c1cc(OC)ccc1OC)NCC(C)Oc1ccccc1OC.I. The Kier molecular flexibility index (Phi) is 12.6. The molecule has 32 heavy (non-hydrogen) atoms. The van der Waals surface area contributed by atoms with Crippen molar-refractivity contribution in [1.29, 1.82) is 0 Å². The standard InChI is InChI=1S/C23H33N3O5.HI/c1-6-24-23(25-14-16(2)31-22-10-8-7-9-21(22)30-5)26-15-19(27)18-13-17(28-3)11-12-20(18)29-4;/h7-13,16,19,27H,6,14-15H2,1-5H3,(H2,24,25,26);1H. The summed E-state index contributed by atoms with van der Waals surface area (Å²) in [5, 5.41) is 17.1. The lowest BCUT2D eigenvalue weighted by Gasteiger charge is -2.19. The van der Waals surface area contributed by atoms with Crippen molar-refractivity contribution in [3.63, 3.8) is 0 Å². The number of nitrogens with zero attached hydrogens (tertiary/aromatic N) is 1. The van der Waals surface area contributed by atoms with Crippen LogP contribution in [0.15, 0.2) is 47.5 Å². The summed E-state index contributed by atoms with van der Waals surface area (Å²) < 4.78 is 21.9. The largest absolute Gasteiger partial charge is 0.497 e. The number of hydrogen-bond acceptors (Lipinski definition) is 6. The number of aliphatic imine (C=N–C) groups is 1. The molecule has 0 fully saturated rings. The smallest absolute Gasteiger partial charge is 0.191 e. The van der Waals surface area contributed by atoms with E-state index in [0.29, 0.717) is 47.6 Å². The van der Waals surface area contributed by atoms with Crippen molar-refractivity contribution in [3.8, 4) is 23.0 Å². The summed E-state index contributed by atoms with van der Waals surface area (Å²) in [4.78, 5) is 4.50. The average Bonchev–Trinajstić information content (AvgIpc) is 2.80. The molecule has 0 aliphatic rings. The van der Waals surface area contributed by atoms with Crippen LogP contribution in [-0.2, 0) is 0 Å². The van der Waals surface area contributed by atoms with Gasteiger partial charge in [0.1, 0.15) is 23.7 Å². The first-order chi connectivity index (χ1) is 15.0. The van der Waals surface area contributed by atoms with Crippen molar-refractivity contribution < 1.29 is 24.1 Å². The molecule has 0 heterocycles. The van der Waals surface area contributed by atoms with Gasteiger partial charge in [0.25, 0.3) is 0 Å². The molecule has 0 amide bonds. The highest BCUT2D eigenvalue weighted by Crippen LogP contribution is 2.29. The Morgan fingerprint density at radius 1 is 0.969 bits per heavy atom. The van der Waals surface area contributed by atoms with Gasteiger partial charge >= 0.3 is 0 Å². The predicted molar refractivity (Wildman–Crippen MR) is 137 cm³/mol. The van der Waals surface area contributed by atoms with Crippen LogP contribution < -0.4 is 29.6 Å². The van der Waals surface area contributed by atoms with Crippen molar-refractivity contribution in [3.05, 3.63) is 48.0 Å². The number of rotatable bonds is 11. The highest BCUT2D eigenvalue weighted by atomic mass is 127. The van der Waals surface area contributed by atoms with Crippen LogP contribution in [0.3, 0.4) is 0 Å². The molecular formula is C23H34IN3O5.